The number of carbonyl (C=O) groups excluding carboxylic acids is 2. The SMILES string of the molecule is O=C1c2ccccc2C(=O)N1CCCSc1ccc(C(F)(F)F)cn1. The summed E-state index contributed by atoms with van der Waals surface area (Å²) in [5.41, 5.74) is 0.0250. The Labute approximate surface area is 146 Å². The predicted molar refractivity (Wildman–Crippen MR) is 86.4 cm³/mol. The molecule has 0 saturated carbocycles. The average Bonchev–Trinajstić information content (AvgIpc) is 2.83. The third-order valence-electron chi connectivity index (χ3n) is 3.72. The molecule has 4 nitrogen and oxygen atoms in total. The first kappa shape index (κ1) is 17.5. The molecule has 0 aliphatic carbocycles. The van der Waals surface area contributed by atoms with E-state index in [-0.39, 0.29) is 18.4 Å². The highest BCUT2D eigenvalue weighted by molar-refractivity contribution is 7.99. The van der Waals surface area contributed by atoms with Gasteiger partial charge in [-0.3, -0.25) is 14.5 Å². The molecule has 0 N–H and O–H groups in total. The van der Waals surface area contributed by atoms with Crippen molar-refractivity contribution in [2.45, 2.75) is 17.6 Å². The Balaban J connectivity index is 1.51. The molecule has 3 rings (SSSR count). The first-order chi connectivity index (χ1) is 11.9. The summed E-state index contributed by atoms with van der Waals surface area (Å²) in [6, 6.07) is 8.96. The van der Waals surface area contributed by atoms with Gasteiger partial charge in [0.1, 0.15) is 0 Å². The summed E-state index contributed by atoms with van der Waals surface area (Å²) in [4.78, 5) is 29.3. The number of halogens is 3. The lowest BCUT2D eigenvalue weighted by Gasteiger charge is -2.13. The van der Waals surface area contributed by atoms with Crippen LogP contribution in [0.4, 0.5) is 13.2 Å². The van der Waals surface area contributed by atoms with Crippen molar-refractivity contribution in [2.24, 2.45) is 0 Å². The molecule has 2 amide bonds. The highest BCUT2D eigenvalue weighted by atomic mass is 32.2. The zero-order valence-electron chi connectivity index (χ0n) is 12.9. The second kappa shape index (κ2) is 6.87. The molecule has 1 aliphatic heterocycles. The molecule has 0 saturated heterocycles. The monoisotopic (exact) mass is 366 g/mol. The molecule has 25 heavy (non-hydrogen) atoms. The second-order valence-electron chi connectivity index (χ2n) is 5.39. The van der Waals surface area contributed by atoms with Gasteiger partial charge in [-0.2, -0.15) is 13.2 Å². The molecule has 130 valence electrons. The highest BCUT2D eigenvalue weighted by Gasteiger charge is 2.34. The van der Waals surface area contributed by atoms with Gasteiger partial charge in [-0.05, 0) is 30.7 Å². The van der Waals surface area contributed by atoms with Crippen LogP contribution in [0.5, 0.6) is 0 Å². The van der Waals surface area contributed by atoms with E-state index in [1.54, 1.807) is 24.3 Å². The quantitative estimate of drug-likeness (QED) is 0.458. The lowest BCUT2D eigenvalue weighted by Crippen LogP contribution is -2.30. The number of benzene rings is 1. The first-order valence-electron chi connectivity index (χ1n) is 7.49. The molecule has 0 atom stereocenters. The minimum Gasteiger partial charge on any atom is -0.274 e. The van der Waals surface area contributed by atoms with Gasteiger partial charge < -0.3 is 0 Å². The minimum absolute atomic E-state index is 0.264. The number of aromatic nitrogens is 1. The minimum atomic E-state index is -4.40. The van der Waals surface area contributed by atoms with Crippen LogP contribution in [-0.4, -0.2) is 34.0 Å². The predicted octanol–water partition coefficient (Wildman–Crippen LogP) is 3.88. The van der Waals surface area contributed by atoms with E-state index in [4.69, 9.17) is 0 Å². The van der Waals surface area contributed by atoms with Crippen molar-refractivity contribution in [1.82, 2.24) is 9.88 Å². The fourth-order valence-electron chi connectivity index (χ4n) is 2.47. The Kier molecular flexibility index (Phi) is 4.80. The molecule has 1 aliphatic rings. The van der Waals surface area contributed by atoms with Crippen LogP contribution in [0.15, 0.2) is 47.6 Å². The smallest absolute Gasteiger partial charge is 0.274 e. The molecule has 1 aromatic carbocycles. The Morgan fingerprint density at radius 1 is 1.00 bits per heavy atom. The Hall–Kier alpha value is -2.35. The molecular formula is C17H13F3N2O2S. The maximum Gasteiger partial charge on any atom is 0.417 e. The van der Waals surface area contributed by atoms with Crippen molar-refractivity contribution in [2.75, 3.05) is 12.3 Å². The van der Waals surface area contributed by atoms with Crippen molar-refractivity contribution in [1.29, 1.82) is 0 Å². The van der Waals surface area contributed by atoms with Crippen LogP contribution >= 0.6 is 11.8 Å². The fraction of sp³-hybridized carbons (Fsp3) is 0.235. The van der Waals surface area contributed by atoms with Gasteiger partial charge >= 0.3 is 6.18 Å². The number of amides is 2. The maximum atomic E-state index is 12.5. The van der Waals surface area contributed by atoms with Gasteiger partial charge in [0.05, 0.1) is 21.7 Å². The molecule has 2 aromatic rings. The number of hydrogen-bond acceptors (Lipinski definition) is 4. The van der Waals surface area contributed by atoms with Gasteiger partial charge in [-0.15, -0.1) is 11.8 Å². The highest BCUT2D eigenvalue weighted by Crippen LogP contribution is 2.29. The molecule has 0 bridgehead atoms. The van der Waals surface area contributed by atoms with Crippen LogP contribution < -0.4 is 0 Å². The standard InChI is InChI=1S/C17H13F3N2O2S/c18-17(19,20)11-6-7-14(21-10-11)25-9-3-8-22-15(23)12-4-1-2-5-13(12)16(22)24/h1-2,4-7,10H,3,8-9H2. The van der Waals surface area contributed by atoms with Crippen LogP contribution in [0.2, 0.25) is 0 Å². The fourth-order valence-corrected chi connectivity index (χ4v) is 3.25. The molecule has 2 heterocycles. The topological polar surface area (TPSA) is 50.3 Å². The van der Waals surface area contributed by atoms with Crippen molar-refractivity contribution >= 4 is 23.6 Å². The van der Waals surface area contributed by atoms with Crippen LogP contribution in [-0.2, 0) is 6.18 Å². The summed E-state index contributed by atoms with van der Waals surface area (Å²) in [6.07, 6.45) is -3.08. The van der Waals surface area contributed by atoms with Gasteiger partial charge in [-0.1, -0.05) is 12.1 Å². The zero-order valence-corrected chi connectivity index (χ0v) is 13.7. The summed E-state index contributed by atoms with van der Waals surface area (Å²) >= 11 is 1.28. The maximum absolute atomic E-state index is 12.5. The Morgan fingerprint density at radius 2 is 1.64 bits per heavy atom. The number of rotatable bonds is 5. The van der Waals surface area contributed by atoms with E-state index >= 15 is 0 Å². The number of alkyl halides is 3. The number of imide groups is 1. The lowest BCUT2D eigenvalue weighted by molar-refractivity contribution is -0.137. The molecular weight excluding hydrogens is 353 g/mol. The molecule has 8 heteroatoms. The Bertz CT molecular complexity index is 771. The van der Waals surface area contributed by atoms with Crippen LogP contribution in [0.3, 0.4) is 0 Å². The van der Waals surface area contributed by atoms with E-state index in [0.717, 1.165) is 12.3 Å². The number of pyridine rings is 1. The largest absolute Gasteiger partial charge is 0.417 e. The summed E-state index contributed by atoms with van der Waals surface area (Å²) in [7, 11) is 0. The number of carbonyl (C=O) groups is 2. The van der Waals surface area contributed by atoms with Gasteiger partial charge in [0.15, 0.2) is 0 Å². The molecule has 0 spiro atoms. The summed E-state index contributed by atoms with van der Waals surface area (Å²) in [6.45, 7) is 0.264. The van der Waals surface area contributed by atoms with E-state index in [9.17, 15) is 22.8 Å². The van der Waals surface area contributed by atoms with Crippen molar-refractivity contribution < 1.29 is 22.8 Å². The number of fused-ring (bicyclic) bond motifs is 1. The Morgan fingerprint density at radius 3 is 2.16 bits per heavy atom. The van der Waals surface area contributed by atoms with Gasteiger partial charge in [0.25, 0.3) is 11.8 Å². The molecule has 0 unspecified atom stereocenters. The second-order valence-corrected chi connectivity index (χ2v) is 6.51. The van der Waals surface area contributed by atoms with Gasteiger partial charge in [0.2, 0.25) is 0 Å². The number of hydrogen-bond donors (Lipinski definition) is 0. The van der Waals surface area contributed by atoms with E-state index < -0.39 is 11.7 Å². The summed E-state index contributed by atoms with van der Waals surface area (Å²) in [5, 5.41) is 0.468. The van der Waals surface area contributed by atoms with Crippen LogP contribution in [0.1, 0.15) is 32.7 Å². The number of nitrogens with zero attached hydrogens (tertiary/aromatic N) is 2. The lowest BCUT2D eigenvalue weighted by atomic mass is 10.1. The van der Waals surface area contributed by atoms with Gasteiger partial charge in [-0.25, -0.2) is 4.98 Å². The van der Waals surface area contributed by atoms with E-state index in [1.807, 2.05) is 0 Å². The van der Waals surface area contributed by atoms with Crippen LogP contribution in [0, 0.1) is 0 Å². The van der Waals surface area contributed by atoms with E-state index in [2.05, 4.69) is 4.98 Å². The van der Waals surface area contributed by atoms with Crippen LogP contribution in [0.25, 0.3) is 0 Å². The van der Waals surface area contributed by atoms with Gasteiger partial charge in [0, 0.05) is 18.5 Å². The van der Waals surface area contributed by atoms with Crippen molar-refractivity contribution in [3.63, 3.8) is 0 Å². The first-order valence-corrected chi connectivity index (χ1v) is 8.48. The normalized spacial score (nSPS) is 14.1. The van der Waals surface area contributed by atoms with E-state index in [1.165, 1.54) is 22.7 Å². The van der Waals surface area contributed by atoms with Crippen molar-refractivity contribution in [3.05, 3.63) is 59.3 Å². The van der Waals surface area contributed by atoms with E-state index in [0.29, 0.717) is 28.3 Å². The number of thioether (sulfide) groups is 1. The molecule has 0 fully saturated rings. The molecule has 0 radical (unpaired) electrons. The third kappa shape index (κ3) is 3.68. The zero-order chi connectivity index (χ0) is 18.0. The summed E-state index contributed by atoms with van der Waals surface area (Å²) in [5.74, 6) is -0.0808. The third-order valence-corrected chi connectivity index (χ3v) is 4.75. The van der Waals surface area contributed by atoms with Crippen molar-refractivity contribution in [3.8, 4) is 0 Å². The summed E-state index contributed by atoms with van der Waals surface area (Å²) < 4.78 is 37.4. The average molecular weight is 366 g/mol. The molecule has 1 aromatic heterocycles.